The number of aromatic nitrogens is 2. The van der Waals surface area contributed by atoms with Crippen molar-refractivity contribution in [2.75, 3.05) is 12.4 Å². The van der Waals surface area contributed by atoms with Gasteiger partial charge in [-0.3, -0.25) is 0 Å². The summed E-state index contributed by atoms with van der Waals surface area (Å²) in [6.07, 6.45) is -4.59. The van der Waals surface area contributed by atoms with Gasteiger partial charge in [-0.15, -0.1) is 28.7 Å². The summed E-state index contributed by atoms with van der Waals surface area (Å²) in [6, 6.07) is 12.2. The average molecular weight is 471 g/mol. The SMILES string of the molecule is COC(=O)c1ccc(Nc2ccc(C(C)(P)P)cc2)c(-c2nnc(C(F)(F)F)s2)c1. The number of alkyl halides is 3. The number of nitrogens with one attached hydrogen (secondary N) is 1. The van der Waals surface area contributed by atoms with E-state index in [2.05, 4.69) is 34.0 Å². The highest BCUT2D eigenvalue weighted by Gasteiger charge is 2.36. The van der Waals surface area contributed by atoms with E-state index in [9.17, 15) is 18.0 Å². The zero-order valence-electron chi connectivity index (χ0n) is 15.9. The largest absolute Gasteiger partial charge is 0.465 e. The molecular weight excluding hydrogens is 453 g/mol. The number of halogens is 3. The molecule has 30 heavy (non-hydrogen) atoms. The first kappa shape index (κ1) is 22.6. The van der Waals surface area contributed by atoms with Crippen molar-refractivity contribution in [3.05, 3.63) is 58.6 Å². The van der Waals surface area contributed by atoms with Gasteiger partial charge in [0.1, 0.15) is 5.01 Å². The fourth-order valence-electron chi connectivity index (χ4n) is 2.59. The number of anilines is 2. The zero-order valence-corrected chi connectivity index (χ0v) is 19.1. The molecule has 0 aliphatic carbocycles. The molecule has 3 rings (SSSR count). The van der Waals surface area contributed by atoms with Crippen LogP contribution < -0.4 is 5.32 Å². The summed E-state index contributed by atoms with van der Waals surface area (Å²) >= 11 is 0.407. The van der Waals surface area contributed by atoms with Crippen LogP contribution in [0.25, 0.3) is 10.6 Å². The molecule has 0 saturated carbocycles. The van der Waals surface area contributed by atoms with Gasteiger partial charge in [-0.2, -0.15) is 13.2 Å². The Morgan fingerprint density at radius 3 is 2.30 bits per heavy atom. The normalized spacial score (nSPS) is 12.0. The molecule has 1 heterocycles. The maximum atomic E-state index is 13.0. The molecule has 5 nitrogen and oxygen atoms in total. The smallest absolute Gasteiger partial charge is 0.445 e. The van der Waals surface area contributed by atoms with Gasteiger partial charge < -0.3 is 10.1 Å². The maximum absolute atomic E-state index is 13.0. The number of benzene rings is 2. The van der Waals surface area contributed by atoms with Crippen LogP contribution in [0.15, 0.2) is 42.5 Å². The zero-order chi connectivity index (χ0) is 22.1. The van der Waals surface area contributed by atoms with E-state index in [0.29, 0.717) is 22.6 Å². The molecule has 3 aromatic rings. The Morgan fingerprint density at radius 1 is 1.10 bits per heavy atom. The molecule has 0 aliphatic rings. The van der Waals surface area contributed by atoms with E-state index in [4.69, 9.17) is 4.74 Å². The fourth-order valence-corrected chi connectivity index (χ4v) is 3.72. The number of methoxy groups -OCH3 is 1. The van der Waals surface area contributed by atoms with E-state index in [-0.39, 0.29) is 15.5 Å². The Kier molecular flexibility index (Phi) is 6.46. The Morgan fingerprint density at radius 2 is 1.77 bits per heavy atom. The lowest BCUT2D eigenvalue weighted by Gasteiger charge is -2.19. The van der Waals surface area contributed by atoms with Gasteiger partial charge in [-0.25, -0.2) is 4.79 Å². The van der Waals surface area contributed by atoms with Gasteiger partial charge in [0.15, 0.2) is 0 Å². The van der Waals surface area contributed by atoms with Crippen molar-refractivity contribution in [3.8, 4) is 10.6 Å². The number of carbonyl (C=O) groups excluding carboxylic acids is 1. The highest BCUT2D eigenvalue weighted by Crippen LogP contribution is 2.40. The molecule has 2 atom stereocenters. The van der Waals surface area contributed by atoms with Crippen LogP contribution in [0.2, 0.25) is 0 Å². The van der Waals surface area contributed by atoms with Gasteiger partial charge in [0.2, 0.25) is 5.01 Å². The number of ether oxygens (including phenoxy) is 1. The first-order valence-corrected chi connectivity index (χ1v) is 10.5. The molecule has 0 radical (unpaired) electrons. The minimum atomic E-state index is -4.59. The molecule has 0 amide bonds. The predicted molar refractivity (Wildman–Crippen MR) is 118 cm³/mol. The van der Waals surface area contributed by atoms with Crippen molar-refractivity contribution >= 4 is 47.2 Å². The Hall–Kier alpha value is -2.08. The number of rotatable bonds is 5. The molecule has 1 aromatic heterocycles. The van der Waals surface area contributed by atoms with Crippen molar-refractivity contribution in [1.82, 2.24) is 10.2 Å². The van der Waals surface area contributed by atoms with Crippen molar-refractivity contribution < 1.29 is 22.7 Å². The lowest BCUT2D eigenvalue weighted by Crippen LogP contribution is -2.03. The first-order valence-electron chi connectivity index (χ1n) is 8.58. The summed E-state index contributed by atoms with van der Waals surface area (Å²) in [5, 5.41) is 9.07. The van der Waals surface area contributed by atoms with Crippen LogP contribution in [0, 0.1) is 0 Å². The molecule has 158 valence electrons. The van der Waals surface area contributed by atoms with E-state index >= 15 is 0 Å². The summed E-state index contributed by atoms with van der Waals surface area (Å²) < 4.78 is 43.6. The van der Waals surface area contributed by atoms with Crippen LogP contribution in [0.3, 0.4) is 0 Å². The van der Waals surface area contributed by atoms with E-state index in [1.807, 2.05) is 31.2 Å². The minimum Gasteiger partial charge on any atom is -0.465 e. The molecule has 0 spiro atoms. The fraction of sp³-hybridized carbons (Fsp3) is 0.211. The minimum absolute atomic E-state index is 0.0367. The number of hydrogen-bond donors (Lipinski definition) is 1. The van der Waals surface area contributed by atoms with Gasteiger partial charge in [0.05, 0.1) is 12.7 Å². The Balaban J connectivity index is 2.01. The van der Waals surface area contributed by atoms with Gasteiger partial charge in [-0.1, -0.05) is 23.5 Å². The highest BCUT2D eigenvalue weighted by molar-refractivity contribution is 7.38. The van der Waals surface area contributed by atoms with Crippen LogP contribution in [0.1, 0.15) is 27.9 Å². The second kappa shape index (κ2) is 8.58. The van der Waals surface area contributed by atoms with E-state index < -0.39 is 17.2 Å². The third-order valence-corrected chi connectivity index (χ3v) is 5.79. The monoisotopic (exact) mass is 471 g/mol. The van der Waals surface area contributed by atoms with Crippen LogP contribution in [0.4, 0.5) is 24.5 Å². The van der Waals surface area contributed by atoms with E-state index in [1.165, 1.54) is 19.2 Å². The highest BCUT2D eigenvalue weighted by atomic mass is 32.1. The van der Waals surface area contributed by atoms with Crippen molar-refractivity contribution in [2.24, 2.45) is 0 Å². The number of hydrogen-bond acceptors (Lipinski definition) is 6. The molecule has 0 saturated heterocycles. The third-order valence-electron chi connectivity index (χ3n) is 4.12. The molecular formula is C19H18F3N3O2P2S. The molecule has 2 aromatic carbocycles. The molecule has 2 unspecified atom stereocenters. The maximum Gasteiger partial charge on any atom is 0.445 e. The van der Waals surface area contributed by atoms with Gasteiger partial charge >= 0.3 is 12.1 Å². The first-order chi connectivity index (χ1) is 14.0. The average Bonchev–Trinajstić information content (AvgIpc) is 3.18. The number of esters is 1. The van der Waals surface area contributed by atoms with Gasteiger partial charge in [0, 0.05) is 21.8 Å². The molecule has 11 heteroatoms. The summed E-state index contributed by atoms with van der Waals surface area (Å²) in [7, 11) is 6.69. The summed E-state index contributed by atoms with van der Waals surface area (Å²) in [5.74, 6) is -0.604. The topological polar surface area (TPSA) is 64.1 Å². The van der Waals surface area contributed by atoms with Crippen LogP contribution in [-0.2, 0) is 15.8 Å². The van der Waals surface area contributed by atoms with Crippen molar-refractivity contribution in [2.45, 2.75) is 18.0 Å². The van der Waals surface area contributed by atoms with Crippen LogP contribution in [-0.4, -0.2) is 23.3 Å². The molecule has 0 bridgehead atoms. The lowest BCUT2D eigenvalue weighted by molar-refractivity contribution is -0.138. The van der Waals surface area contributed by atoms with Crippen LogP contribution in [0.5, 0.6) is 0 Å². The molecule has 0 aliphatic heterocycles. The van der Waals surface area contributed by atoms with Gasteiger partial charge in [0.25, 0.3) is 0 Å². The Bertz CT molecular complexity index is 1060. The second-order valence-corrected chi connectivity index (χ2v) is 10.7. The van der Waals surface area contributed by atoms with Crippen molar-refractivity contribution in [1.29, 1.82) is 0 Å². The lowest BCUT2D eigenvalue weighted by atomic mass is 10.1. The summed E-state index contributed by atoms with van der Waals surface area (Å²) in [4.78, 5) is 11.7. The van der Waals surface area contributed by atoms with Gasteiger partial charge in [-0.05, 0) is 42.8 Å². The number of nitrogens with zero attached hydrogens (tertiary/aromatic N) is 2. The van der Waals surface area contributed by atoms with Crippen LogP contribution >= 0.6 is 29.8 Å². The molecule has 1 N–H and O–H groups in total. The van der Waals surface area contributed by atoms with Crippen molar-refractivity contribution in [3.63, 3.8) is 0 Å². The summed E-state index contributed by atoms with van der Waals surface area (Å²) in [6.45, 7) is 2.03. The Labute approximate surface area is 179 Å². The summed E-state index contributed by atoms with van der Waals surface area (Å²) in [5.41, 5.74) is 2.80. The van der Waals surface area contributed by atoms with E-state index in [1.54, 1.807) is 6.07 Å². The number of carbonyl (C=O) groups is 1. The predicted octanol–water partition coefficient (Wildman–Crippen LogP) is 5.68. The quantitative estimate of drug-likeness (QED) is 0.383. The second-order valence-electron chi connectivity index (χ2n) is 6.65. The van der Waals surface area contributed by atoms with E-state index in [0.717, 1.165) is 11.3 Å². The third kappa shape index (κ3) is 5.15. The standard InChI is InChI=1S/C19H18F3N3O2P2S/c1-18(28,29)11-4-6-12(7-5-11)23-14-8-3-10(16(26)27-2)9-13(14)15-24-25-17(30-15)19(20,21)22/h3-9,23H,28-29H2,1-2H3. The molecule has 0 fully saturated rings.